The average Bonchev–Trinajstić information content (AvgIpc) is 3.32. The topological polar surface area (TPSA) is 107 Å². The highest BCUT2D eigenvalue weighted by Gasteiger charge is 2.34. The minimum atomic E-state index is -4.66. The molecule has 4 aromatic rings. The van der Waals surface area contributed by atoms with E-state index in [1.165, 1.54) is 37.0 Å². The summed E-state index contributed by atoms with van der Waals surface area (Å²) in [6, 6.07) is 16.4. The maximum atomic E-state index is 13.8. The van der Waals surface area contributed by atoms with Crippen LogP contribution in [0.3, 0.4) is 0 Å². The molecular formula is C32H25F3N4O4S2. The van der Waals surface area contributed by atoms with Crippen molar-refractivity contribution in [1.82, 2.24) is 9.55 Å². The van der Waals surface area contributed by atoms with Crippen molar-refractivity contribution in [3.05, 3.63) is 119 Å². The van der Waals surface area contributed by atoms with Crippen molar-refractivity contribution in [2.45, 2.75) is 36.8 Å². The molecule has 1 unspecified atom stereocenters. The summed E-state index contributed by atoms with van der Waals surface area (Å²) in [4.78, 5) is 35.4. The molecule has 0 N–H and O–H groups in total. The molecule has 8 nitrogen and oxygen atoms in total. The molecule has 0 spiro atoms. The van der Waals surface area contributed by atoms with Crippen LogP contribution in [0.1, 0.15) is 46.5 Å². The zero-order valence-electron chi connectivity index (χ0n) is 24.4. The minimum Gasteiger partial charge on any atom is -0.496 e. The van der Waals surface area contributed by atoms with E-state index in [0.29, 0.717) is 31.9 Å². The van der Waals surface area contributed by atoms with Gasteiger partial charge in [0.05, 0.1) is 41.6 Å². The predicted molar refractivity (Wildman–Crippen MR) is 163 cm³/mol. The number of rotatable bonds is 7. The van der Waals surface area contributed by atoms with Gasteiger partial charge in [0.2, 0.25) is 0 Å². The Kier molecular flexibility index (Phi) is 8.99. The van der Waals surface area contributed by atoms with E-state index in [1.807, 2.05) is 36.4 Å². The van der Waals surface area contributed by atoms with Crippen molar-refractivity contribution in [3.8, 4) is 11.8 Å². The lowest BCUT2D eigenvalue weighted by Gasteiger charge is -2.24. The standard InChI is InChI=1S/C32H25F3N4O4S2/c1-17-12-25(32(33,34)35)38-28(22(17)15-36)44-16-21-13-19(10-11-23(21)42-3)14-24-29(40)39-27(20-8-6-5-7-9-20)26(30(41)43-4)18(2)37-31(39)45-24/h5-14,27H,16H2,1-4H3/b24-14+. The largest absolute Gasteiger partial charge is 0.496 e. The van der Waals surface area contributed by atoms with Crippen molar-refractivity contribution in [2.75, 3.05) is 14.2 Å². The van der Waals surface area contributed by atoms with Gasteiger partial charge in [-0.05, 0) is 54.8 Å². The Morgan fingerprint density at radius 1 is 1.16 bits per heavy atom. The number of aromatic nitrogens is 2. The second-order valence-corrected chi connectivity index (χ2v) is 11.9. The SMILES string of the molecule is COC(=O)C1=C(C)N=c2s/c(=C/c3ccc(OC)c(CSc4nc(C(F)(F)F)cc(C)c4C#N)c3)c(=O)n2C1c1ccccc1. The van der Waals surface area contributed by atoms with Crippen LogP contribution in [0.2, 0.25) is 0 Å². The Bertz CT molecular complexity index is 2060. The highest BCUT2D eigenvalue weighted by Crippen LogP contribution is 2.35. The van der Waals surface area contributed by atoms with Gasteiger partial charge in [0.25, 0.3) is 5.56 Å². The van der Waals surface area contributed by atoms with Crippen LogP contribution in [0.25, 0.3) is 6.08 Å². The summed E-state index contributed by atoms with van der Waals surface area (Å²) in [5.41, 5.74) is 1.51. The zero-order valence-corrected chi connectivity index (χ0v) is 26.1. The number of esters is 1. The Hall–Kier alpha value is -4.67. The van der Waals surface area contributed by atoms with Crippen LogP contribution >= 0.6 is 23.1 Å². The van der Waals surface area contributed by atoms with Crippen LogP contribution in [0, 0.1) is 18.3 Å². The lowest BCUT2D eigenvalue weighted by molar-refractivity contribution is -0.141. The van der Waals surface area contributed by atoms with Crippen LogP contribution in [-0.2, 0) is 21.5 Å². The molecule has 45 heavy (non-hydrogen) atoms. The average molecular weight is 651 g/mol. The molecule has 3 heterocycles. The van der Waals surface area contributed by atoms with Crippen molar-refractivity contribution in [3.63, 3.8) is 0 Å². The van der Waals surface area contributed by atoms with E-state index in [9.17, 15) is 28.0 Å². The van der Waals surface area contributed by atoms with Gasteiger partial charge in [-0.25, -0.2) is 14.8 Å². The third-order valence-electron chi connectivity index (χ3n) is 7.09. The number of hydrogen-bond donors (Lipinski definition) is 0. The number of methoxy groups -OCH3 is 2. The number of carbonyl (C=O) groups excluding carboxylic acids is 1. The summed E-state index contributed by atoms with van der Waals surface area (Å²) in [5, 5.41) is 9.54. The summed E-state index contributed by atoms with van der Waals surface area (Å²) in [7, 11) is 2.75. The quantitative estimate of drug-likeness (QED) is 0.197. The van der Waals surface area contributed by atoms with Gasteiger partial charge in [0.15, 0.2) is 4.80 Å². The molecule has 0 radical (unpaired) electrons. The van der Waals surface area contributed by atoms with E-state index in [2.05, 4.69) is 9.98 Å². The fourth-order valence-electron chi connectivity index (χ4n) is 4.97. The maximum Gasteiger partial charge on any atom is 0.433 e. The highest BCUT2D eigenvalue weighted by atomic mass is 32.2. The van der Waals surface area contributed by atoms with Crippen LogP contribution in [0.4, 0.5) is 13.2 Å². The van der Waals surface area contributed by atoms with E-state index >= 15 is 0 Å². The fourth-order valence-corrected chi connectivity index (χ4v) is 7.05. The molecule has 1 aliphatic rings. The monoisotopic (exact) mass is 650 g/mol. The lowest BCUT2D eigenvalue weighted by atomic mass is 9.96. The summed E-state index contributed by atoms with van der Waals surface area (Å²) < 4.78 is 52.6. The second-order valence-electron chi connectivity index (χ2n) is 9.96. The lowest BCUT2D eigenvalue weighted by Crippen LogP contribution is -2.39. The number of fused-ring (bicyclic) bond motifs is 1. The first-order valence-corrected chi connectivity index (χ1v) is 15.2. The number of allylic oxidation sites excluding steroid dienone is 1. The van der Waals surface area contributed by atoms with Gasteiger partial charge in [-0.1, -0.05) is 47.7 Å². The van der Waals surface area contributed by atoms with Gasteiger partial charge in [0, 0.05) is 11.3 Å². The predicted octanol–water partition coefficient (Wildman–Crippen LogP) is 5.30. The Morgan fingerprint density at radius 3 is 2.53 bits per heavy atom. The Balaban J connectivity index is 1.56. The zero-order chi connectivity index (χ0) is 32.5. The first kappa shape index (κ1) is 31.7. The van der Waals surface area contributed by atoms with Crippen LogP contribution in [0.5, 0.6) is 5.75 Å². The normalized spacial score (nSPS) is 14.9. The molecule has 0 saturated carbocycles. The number of alkyl halides is 3. The van der Waals surface area contributed by atoms with Gasteiger partial charge in [-0.2, -0.15) is 18.4 Å². The molecule has 5 rings (SSSR count). The first-order valence-electron chi connectivity index (χ1n) is 13.4. The fraction of sp³-hybridized carbons (Fsp3) is 0.219. The molecule has 0 bridgehead atoms. The molecule has 2 aromatic heterocycles. The summed E-state index contributed by atoms with van der Waals surface area (Å²) in [6.07, 6.45) is -2.98. The molecule has 0 saturated heterocycles. The third-order valence-corrected chi connectivity index (χ3v) is 9.10. The third kappa shape index (κ3) is 6.29. The van der Waals surface area contributed by atoms with E-state index in [-0.39, 0.29) is 33.0 Å². The van der Waals surface area contributed by atoms with Crippen LogP contribution in [-0.4, -0.2) is 29.7 Å². The summed E-state index contributed by atoms with van der Waals surface area (Å²) in [5.74, 6) is 0.0388. The minimum absolute atomic E-state index is 0.0386. The number of aryl methyl sites for hydroxylation is 1. The summed E-state index contributed by atoms with van der Waals surface area (Å²) in [6.45, 7) is 3.14. The Morgan fingerprint density at radius 2 is 1.89 bits per heavy atom. The number of halogens is 3. The van der Waals surface area contributed by atoms with Crippen LogP contribution < -0.4 is 19.6 Å². The summed E-state index contributed by atoms with van der Waals surface area (Å²) >= 11 is 2.16. The van der Waals surface area contributed by atoms with Crippen molar-refractivity contribution in [1.29, 1.82) is 5.26 Å². The number of thiazole rings is 1. The van der Waals surface area contributed by atoms with Crippen molar-refractivity contribution < 1.29 is 27.4 Å². The van der Waals surface area contributed by atoms with Crippen molar-refractivity contribution >= 4 is 35.1 Å². The number of hydrogen-bond acceptors (Lipinski definition) is 9. The number of ether oxygens (including phenoxy) is 2. The van der Waals surface area contributed by atoms with Gasteiger partial charge in [0.1, 0.15) is 22.5 Å². The number of carbonyl (C=O) groups is 1. The molecular weight excluding hydrogens is 626 g/mol. The van der Waals surface area contributed by atoms with Gasteiger partial charge in [-0.15, -0.1) is 11.8 Å². The first-order chi connectivity index (χ1) is 21.5. The van der Waals surface area contributed by atoms with E-state index in [4.69, 9.17) is 9.47 Å². The molecule has 0 amide bonds. The van der Waals surface area contributed by atoms with Gasteiger partial charge >= 0.3 is 12.1 Å². The molecule has 2 aromatic carbocycles. The van der Waals surface area contributed by atoms with E-state index < -0.39 is 23.9 Å². The maximum absolute atomic E-state index is 13.8. The Labute approximate surface area is 263 Å². The molecule has 230 valence electrons. The number of pyridine rings is 1. The number of nitriles is 1. The smallest absolute Gasteiger partial charge is 0.433 e. The van der Waals surface area contributed by atoms with Crippen LogP contribution in [0.15, 0.2) is 80.7 Å². The van der Waals surface area contributed by atoms with Crippen molar-refractivity contribution in [2.24, 2.45) is 4.99 Å². The molecule has 0 fully saturated rings. The number of thioether (sulfide) groups is 1. The molecule has 1 aliphatic heterocycles. The second kappa shape index (κ2) is 12.7. The number of benzene rings is 2. The van der Waals surface area contributed by atoms with Gasteiger partial charge < -0.3 is 9.47 Å². The van der Waals surface area contributed by atoms with E-state index in [1.54, 1.807) is 31.2 Å². The number of nitrogens with zero attached hydrogens (tertiary/aromatic N) is 4. The molecule has 13 heteroatoms. The molecule has 0 aliphatic carbocycles. The highest BCUT2D eigenvalue weighted by molar-refractivity contribution is 7.98. The van der Waals surface area contributed by atoms with Gasteiger partial charge in [-0.3, -0.25) is 9.36 Å². The molecule has 1 atom stereocenters. The van der Waals surface area contributed by atoms with E-state index in [0.717, 1.165) is 23.4 Å².